The third kappa shape index (κ3) is 3.48. The molecule has 2 aromatic rings. The SMILES string of the molecule is Cn1cccc1[C@@H]1COCCN1C[C@H](O)c1cccc([N+](=O)[O-])c1. The van der Waals surface area contributed by atoms with E-state index in [1.165, 1.54) is 12.1 Å². The molecule has 3 rings (SSSR count). The van der Waals surface area contributed by atoms with Gasteiger partial charge in [0.25, 0.3) is 5.69 Å². The zero-order valence-corrected chi connectivity index (χ0v) is 13.5. The second-order valence-electron chi connectivity index (χ2n) is 6.00. The van der Waals surface area contributed by atoms with Crippen LogP contribution in [-0.2, 0) is 11.8 Å². The standard InChI is InChI=1S/C17H21N3O4/c1-18-7-3-6-15(18)16-12-24-9-8-19(16)11-17(21)13-4-2-5-14(10-13)20(22)23/h2-7,10,16-17,21H,8-9,11-12H2,1H3/t16-,17-/m0/s1. The Kier molecular flexibility index (Phi) is 4.94. The summed E-state index contributed by atoms with van der Waals surface area (Å²) in [6.45, 7) is 2.30. The van der Waals surface area contributed by atoms with E-state index in [4.69, 9.17) is 4.74 Å². The van der Waals surface area contributed by atoms with Gasteiger partial charge in [0.05, 0.1) is 30.3 Å². The Hall–Kier alpha value is -2.22. The van der Waals surface area contributed by atoms with E-state index in [0.717, 1.165) is 5.69 Å². The minimum Gasteiger partial charge on any atom is -0.387 e. The highest BCUT2D eigenvalue weighted by Gasteiger charge is 2.28. The van der Waals surface area contributed by atoms with E-state index < -0.39 is 11.0 Å². The molecule has 0 aliphatic carbocycles. The van der Waals surface area contributed by atoms with Crippen molar-refractivity contribution in [1.82, 2.24) is 9.47 Å². The summed E-state index contributed by atoms with van der Waals surface area (Å²) >= 11 is 0. The van der Waals surface area contributed by atoms with Gasteiger partial charge in [0.1, 0.15) is 0 Å². The minimum absolute atomic E-state index is 0.00693. The molecule has 0 bridgehead atoms. The van der Waals surface area contributed by atoms with Crippen LogP contribution in [0.4, 0.5) is 5.69 Å². The van der Waals surface area contributed by atoms with Crippen molar-refractivity contribution in [2.24, 2.45) is 7.05 Å². The number of aromatic nitrogens is 1. The fourth-order valence-corrected chi connectivity index (χ4v) is 3.12. The fourth-order valence-electron chi connectivity index (χ4n) is 3.12. The second-order valence-corrected chi connectivity index (χ2v) is 6.00. The number of rotatable bonds is 5. The first-order chi connectivity index (χ1) is 11.6. The number of nitro groups is 1. The first-order valence-electron chi connectivity index (χ1n) is 7.91. The normalized spacial score (nSPS) is 20.0. The van der Waals surface area contributed by atoms with Crippen LogP contribution in [0.15, 0.2) is 42.6 Å². The molecule has 128 valence electrons. The molecule has 7 heteroatoms. The molecule has 0 spiro atoms. The summed E-state index contributed by atoms with van der Waals surface area (Å²) in [5.74, 6) is 0. The number of nitrogens with zero attached hydrogens (tertiary/aromatic N) is 3. The van der Waals surface area contributed by atoms with Gasteiger partial charge >= 0.3 is 0 Å². The lowest BCUT2D eigenvalue weighted by atomic mass is 10.1. The molecular formula is C17H21N3O4. The summed E-state index contributed by atoms with van der Waals surface area (Å²) in [5, 5.41) is 21.5. The van der Waals surface area contributed by atoms with E-state index in [1.54, 1.807) is 12.1 Å². The molecule has 1 aromatic carbocycles. The lowest BCUT2D eigenvalue weighted by Crippen LogP contribution is -2.42. The fraction of sp³-hybridized carbons (Fsp3) is 0.412. The van der Waals surface area contributed by atoms with Gasteiger partial charge in [-0.1, -0.05) is 12.1 Å². The number of hydrogen-bond acceptors (Lipinski definition) is 5. The Morgan fingerprint density at radius 2 is 2.25 bits per heavy atom. The van der Waals surface area contributed by atoms with Crippen LogP contribution in [0.1, 0.15) is 23.4 Å². The van der Waals surface area contributed by atoms with E-state index >= 15 is 0 Å². The van der Waals surface area contributed by atoms with Crippen molar-refractivity contribution in [3.63, 3.8) is 0 Å². The molecular weight excluding hydrogens is 310 g/mol. The van der Waals surface area contributed by atoms with E-state index in [1.807, 2.05) is 29.9 Å². The average Bonchev–Trinajstić information content (AvgIpc) is 3.01. The van der Waals surface area contributed by atoms with Gasteiger partial charge in [-0.2, -0.15) is 0 Å². The molecule has 7 nitrogen and oxygen atoms in total. The molecule has 24 heavy (non-hydrogen) atoms. The largest absolute Gasteiger partial charge is 0.387 e. The Bertz CT molecular complexity index is 715. The Morgan fingerprint density at radius 1 is 1.42 bits per heavy atom. The van der Waals surface area contributed by atoms with E-state index in [9.17, 15) is 15.2 Å². The van der Waals surface area contributed by atoms with Crippen LogP contribution in [0.25, 0.3) is 0 Å². The number of benzene rings is 1. The molecule has 2 atom stereocenters. The van der Waals surface area contributed by atoms with Crippen LogP contribution in [0.3, 0.4) is 0 Å². The molecule has 1 saturated heterocycles. The number of ether oxygens (including phenoxy) is 1. The highest BCUT2D eigenvalue weighted by atomic mass is 16.6. The van der Waals surface area contributed by atoms with Crippen molar-refractivity contribution in [3.05, 3.63) is 64.0 Å². The van der Waals surface area contributed by atoms with Crippen molar-refractivity contribution in [2.45, 2.75) is 12.1 Å². The Balaban J connectivity index is 1.76. The third-order valence-electron chi connectivity index (χ3n) is 4.44. The zero-order chi connectivity index (χ0) is 17.1. The maximum atomic E-state index is 10.9. The number of nitro benzene ring substituents is 1. The van der Waals surface area contributed by atoms with E-state index in [-0.39, 0.29) is 11.7 Å². The zero-order valence-electron chi connectivity index (χ0n) is 13.5. The topological polar surface area (TPSA) is 80.8 Å². The van der Waals surface area contributed by atoms with Crippen LogP contribution in [0.5, 0.6) is 0 Å². The number of morpholine rings is 1. The summed E-state index contributed by atoms with van der Waals surface area (Å²) in [5.41, 5.74) is 1.68. The molecule has 1 aromatic heterocycles. The third-order valence-corrected chi connectivity index (χ3v) is 4.44. The van der Waals surface area contributed by atoms with Crippen LogP contribution in [-0.4, -0.2) is 45.8 Å². The van der Waals surface area contributed by atoms with E-state index in [0.29, 0.717) is 31.9 Å². The van der Waals surface area contributed by atoms with Crippen LogP contribution in [0, 0.1) is 10.1 Å². The summed E-state index contributed by atoms with van der Waals surface area (Å²) in [7, 11) is 1.99. The van der Waals surface area contributed by atoms with Crippen molar-refractivity contribution in [1.29, 1.82) is 0 Å². The average molecular weight is 331 g/mol. The summed E-state index contributed by atoms with van der Waals surface area (Å²) in [4.78, 5) is 12.6. The van der Waals surface area contributed by atoms with Gasteiger partial charge in [0, 0.05) is 44.2 Å². The van der Waals surface area contributed by atoms with Crippen molar-refractivity contribution >= 4 is 5.69 Å². The molecule has 0 unspecified atom stereocenters. The van der Waals surface area contributed by atoms with Gasteiger partial charge in [0.15, 0.2) is 0 Å². The quantitative estimate of drug-likeness (QED) is 0.670. The van der Waals surface area contributed by atoms with Crippen molar-refractivity contribution < 1.29 is 14.8 Å². The number of aryl methyl sites for hydroxylation is 1. The summed E-state index contributed by atoms with van der Waals surface area (Å²) in [6.07, 6.45) is 1.20. The molecule has 1 fully saturated rings. The highest BCUT2D eigenvalue weighted by Crippen LogP contribution is 2.27. The Labute approximate surface area is 140 Å². The molecule has 1 aliphatic heterocycles. The highest BCUT2D eigenvalue weighted by molar-refractivity contribution is 5.35. The van der Waals surface area contributed by atoms with Gasteiger partial charge in [-0.15, -0.1) is 0 Å². The molecule has 1 N–H and O–H groups in total. The van der Waals surface area contributed by atoms with Gasteiger partial charge in [0.2, 0.25) is 0 Å². The van der Waals surface area contributed by atoms with Crippen LogP contribution in [0.2, 0.25) is 0 Å². The predicted molar refractivity (Wildman–Crippen MR) is 88.6 cm³/mol. The number of β-amino-alcohol motifs (C(OH)–C–C–N with tert-alkyl or cyclic N) is 1. The number of hydrogen-bond donors (Lipinski definition) is 1. The van der Waals surface area contributed by atoms with Crippen LogP contribution >= 0.6 is 0 Å². The maximum Gasteiger partial charge on any atom is 0.269 e. The number of aliphatic hydroxyl groups excluding tert-OH is 1. The van der Waals surface area contributed by atoms with Crippen LogP contribution < -0.4 is 0 Å². The molecule has 0 radical (unpaired) electrons. The van der Waals surface area contributed by atoms with Gasteiger partial charge in [-0.3, -0.25) is 15.0 Å². The predicted octanol–water partition coefficient (Wildman–Crippen LogP) is 2.04. The minimum atomic E-state index is -0.786. The monoisotopic (exact) mass is 331 g/mol. The second kappa shape index (κ2) is 7.12. The number of aliphatic hydroxyl groups is 1. The van der Waals surface area contributed by atoms with Gasteiger partial charge in [-0.05, 0) is 17.7 Å². The molecule has 2 heterocycles. The summed E-state index contributed by atoms with van der Waals surface area (Å²) in [6, 6.07) is 10.3. The van der Waals surface area contributed by atoms with Gasteiger partial charge in [-0.25, -0.2) is 0 Å². The maximum absolute atomic E-state index is 10.9. The van der Waals surface area contributed by atoms with Gasteiger partial charge < -0.3 is 14.4 Å². The summed E-state index contributed by atoms with van der Waals surface area (Å²) < 4.78 is 7.65. The lowest BCUT2D eigenvalue weighted by Gasteiger charge is -2.37. The Morgan fingerprint density at radius 3 is 2.96 bits per heavy atom. The molecule has 0 amide bonds. The van der Waals surface area contributed by atoms with E-state index in [2.05, 4.69) is 4.90 Å². The first-order valence-corrected chi connectivity index (χ1v) is 7.91. The van der Waals surface area contributed by atoms with Crippen molar-refractivity contribution in [3.8, 4) is 0 Å². The molecule has 0 saturated carbocycles. The first kappa shape index (κ1) is 16.6. The smallest absolute Gasteiger partial charge is 0.269 e. The molecule has 1 aliphatic rings. The van der Waals surface area contributed by atoms with Crippen molar-refractivity contribution in [2.75, 3.05) is 26.3 Å². The lowest BCUT2D eigenvalue weighted by molar-refractivity contribution is -0.385. The number of non-ortho nitro benzene ring substituents is 1.